The van der Waals surface area contributed by atoms with E-state index in [9.17, 15) is 20.1 Å². The first-order valence-corrected chi connectivity index (χ1v) is 7.32. The summed E-state index contributed by atoms with van der Waals surface area (Å²) in [6, 6.07) is 0. The van der Waals surface area contributed by atoms with Crippen LogP contribution in [0.25, 0.3) is 11.0 Å². The van der Waals surface area contributed by atoms with Crippen molar-refractivity contribution in [3.8, 4) is 0 Å². The molecule has 2 aromatic heterocycles. The van der Waals surface area contributed by atoms with Gasteiger partial charge in [0.05, 0.1) is 17.6 Å². The molecule has 0 saturated carbocycles. The van der Waals surface area contributed by atoms with E-state index in [1.54, 1.807) is 0 Å². The lowest BCUT2D eigenvalue weighted by atomic mass is 9.96. The lowest BCUT2D eigenvalue weighted by Crippen LogP contribution is -2.44. The normalized spacial score (nSPS) is 30.0. The SMILES string of the molecule is CNC(=O)c1cn([C@@H]2O[C@H](CO)[C@@H](O)[C@@]2(C)O)c2ncnc(N)c12. The standard InChI is InChI=1S/C14H19N5O5/c1-14(23)9(21)7(4-20)24-13(14)19-3-6(12(22)16-2)8-10(15)17-5-18-11(8)19/h3,5,7,9,13,20-21,23H,4H2,1-2H3,(H,16,22)(H2,15,17,18)/t7-,9-,13-,14-/m1/s1. The number of aromatic nitrogens is 3. The van der Waals surface area contributed by atoms with Crippen LogP contribution in [0.3, 0.4) is 0 Å². The van der Waals surface area contributed by atoms with Gasteiger partial charge < -0.3 is 35.7 Å². The third kappa shape index (κ3) is 2.23. The second kappa shape index (κ2) is 5.67. The number of anilines is 1. The number of hydrogen-bond acceptors (Lipinski definition) is 8. The van der Waals surface area contributed by atoms with Gasteiger partial charge in [-0.2, -0.15) is 0 Å². The number of amides is 1. The van der Waals surface area contributed by atoms with Gasteiger partial charge in [-0.25, -0.2) is 9.97 Å². The number of aliphatic hydroxyl groups excluding tert-OH is 2. The van der Waals surface area contributed by atoms with Gasteiger partial charge in [0, 0.05) is 13.2 Å². The predicted octanol–water partition coefficient (Wildman–Crippen LogP) is -1.63. The molecule has 1 amide bonds. The molecule has 10 nitrogen and oxygen atoms in total. The molecule has 2 aromatic rings. The molecule has 1 saturated heterocycles. The van der Waals surface area contributed by atoms with Crippen LogP contribution in [0.2, 0.25) is 0 Å². The van der Waals surface area contributed by atoms with Crippen LogP contribution in [0.1, 0.15) is 23.5 Å². The molecule has 1 aliphatic heterocycles. The van der Waals surface area contributed by atoms with Gasteiger partial charge in [-0.05, 0) is 6.92 Å². The Hall–Kier alpha value is -2.27. The number of carbonyl (C=O) groups is 1. The lowest BCUT2D eigenvalue weighted by molar-refractivity contribution is -0.0948. The van der Waals surface area contributed by atoms with E-state index in [4.69, 9.17) is 10.5 Å². The monoisotopic (exact) mass is 337 g/mol. The number of rotatable bonds is 3. The summed E-state index contributed by atoms with van der Waals surface area (Å²) in [6.07, 6.45) is -0.691. The van der Waals surface area contributed by atoms with Crippen LogP contribution in [-0.2, 0) is 4.74 Å². The fourth-order valence-electron chi connectivity index (χ4n) is 2.98. The fraction of sp³-hybridized carbons (Fsp3) is 0.500. The van der Waals surface area contributed by atoms with Crippen molar-refractivity contribution in [1.82, 2.24) is 19.9 Å². The quantitative estimate of drug-likeness (QED) is 0.447. The molecule has 0 aliphatic carbocycles. The van der Waals surface area contributed by atoms with Gasteiger partial charge in [-0.1, -0.05) is 0 Å². The van der Waals surface area contributed by atoms with Crippen molar-refractivity contribution >= 4 is 22.8 Å². The smallest absolute Gasteiger partial charge is 0.253 e. The number of nitrogen functional groups attached to an aromatic ring is 1. The van der Waals surface area contributed by atoms with Crippen LogP contribution in [0, 0.1) is 0 Å². The van der Waals surface area contributed by atoms with Crippen molar-refractivity contribution < 1.29 is 24.9 Å². The van der Waals surface area contributed by atoms with Gasteiger partial charge in [0.1, 0.15) is 35.6 Å². The predicted molar refractivity (Wildman–Crippen MR) is 83.0 cm³/mol. The molecule has 0 bridgehead atoms. The zero-order valence-corrected chi connectivity index (χ0v) is 13.2. The Morgan fingerprint density at radius 2 is 2.25 bits per heavy atom. The highest BCUT2D eigenvalue weighted by molar-refractivity contribution is 6.09. The molecule has 0 radical (unpaired) electrons. The van der Waals surface area contributed by atoms with E-state index in [0.29, 0.717) is 5.39 Å². The largest absolute Gasteiger partial charge is 0.394 e. The maximum atomic E-state index is 12.1. The van der Waals surface area contributed by atoms with E-state index in [2.05, 4.69) is 15.3 Å². The second-order valence-corrected chi connectivity index (χ2v) is 5.87. The van der Waals surface area contributed by atoms with Crippen molar-refractivity contribution in [1.29, 1.82) is 0 Å². The van der Waals surface area contributed by atoms with Crippen LogP contribution < -0.4 is 11.1 Å². The summed E-state index contributed by atoms with van der Waals surface area (Å²) in [5.41, 5.74) is 4.65. The van der Waals surface area contributed by atoms with Gasteiger partial charge in [0.15, 0.2) is 6.23 Å². The Bertz CT molecular complexity index is 789. The van der Waals surface area contributed by atoms with Crippen molar-refractivity contribution in [2.75, 3.05) is 19.4 Å². The number of nitrogens with one attached hydrogen (secondary N) is 1. The van der Waals surface area contributed by atoms with Crippen molar-refractivity contribution in [2.24, 2.45) is 0 Å². The van der Waals surface area contributed by atoms with Gasteiger partial charge >= 0.3 is 0 Å². The first kappa shape index (κ1) is 16.6. The minimum atomic E-state index is -1.71. The first-order chi connectivity index (χ1) is 11.3. The minimum Gasteiger partial charge on any atom is -0.394 e. The van der Waals surface area contributed by atoms with Crippen molar-refractivity contribution in [2.45, 2.75) is 31.0 Å². The maximum Gasteiger partial charge on any atom is 0.253 e. The van der Waals surface area contributed by atoms with Gasteiger partial charge in [-0.15, -0.1) is 0 Å². The van der Waals surface area contributed by atoms with Gasteiger partial charge in [-0.3, -0.25) is 4.79 Å². The summed E-state index contributed by atoms with van der Waals surface area (Å²) in [5, 5.41) is 32.9. The Labute approximate surface area is 136 Å². The van der Waals surface area contributed by atoms with Gasteiger partial charge in [0.2, 0.25) is 0 Å². The Balaban J connectivity index is 2.21. The Kier molecular flexibility index (Phi) is 3.92. The van der Waals surface area contributed by atoms with Gasteiger partial charge in [0.25, 0.3) is 5.91 Å². The molecule has 3 heterocycles. The zero-order chi connectivity index (χ0) is 17.6. The maximum absolute atomic E-state index is 12.1. The first-order valence-electron chi connectivity index (χ1n) is 7.32. The van der Waals surface area contributed by atoms with Crippen LogP contribution in [0.5, 0.6) is 0 Å². The number of nitrogens with zero attached hydrogens (tertiary/aromatic N) is 3. The molecular formula is C14H19N5O5. The van der Waals surface area contributed by atoms with Crippen molar-refractivity contribution in [3.05, 3.63) is 18.1 Å². The van der Waals surface area contributed by atoms with E-state index >= 15 is 0 Å². The summed E-state index contributed by atoms with van der Waals surface area (Å²) < 4.78 is 6.99. The molecule has 130 valence electrons. The number of aliphatic hydroxyl groups is 3. The fourth-order valence-corrected chi connectivity index (χ4v) is 2.98. The van der Waals surface area contributed by atoms with Crippen LogP contribution in [0.4, 0.5) is 5.82 Å². The van der Waals surface area contributed by atoms with Crippen LogP contribution in [0.15, 0.2) is 12.5 Å². The topological polar surface area (TPSA) is 156 Å². The van der Waals surface area contributed by atoms with Crippen LogP contribution in [-0.4, -0.2) is 67.2 Å². The van der Waals surface area contributed by atoms with Crippen LogP contribution >= 0.6 is 0 Å². The molecule has 24 heavy (non-hydrogen) atoms. The molecule has 4 atom stereocenters. The Morgan fingerprint density at radius 1 is 1.54 bits per heavy atom. The third-order valence-corrected chi connectivity index (χ3v) is 4.30. The van der Waals surface area contributed by atoms with E-state index in [1.165, 1.54) is 31.1 Å². The highest BCUT2D eigenvalue weighted by atomic mass is 16.6. The molecule has 0 aromatic carbocycles. The minimum absolute atomic E-state index is 0.106. The van der Waals surface area contributed by atoms with E-state index in [1.807, 2.05) is 0 Å². The number of carbonyl (C=O) groups excluding carboxylic acids is 1. The molecule has 3 rings (SSSR count). The van der Waals surface area contributed by atoms with E-state index < -0.39 is 36.6 Å². The third-order valence-electron chi connectivity index (χ3n) is 4.30. The molecule has 6 N–H and O–H groups in total. The molecule has 1 aliphatic rings. The summed E-state index contributed by atoms with van der Waals surface area (Å²) >= 11 is 0. The average molecular weight is 337 g/mol. The summed E-state index contributed by atoms with van der Waals surface area (Å²) in [7, 11) is 1.47. The van der Waals surface area contributed by atoms with E-state index in [0.717, 1.165) is 0 Å². The number of nitrogens with two attached hydrogens (primary N) is 1. The van der Waals surface area contributed by atoms with E-state index in [-0.39, 0.29) is 17.0 Å². The molecule has 10 heteroatoms. The number of hydrogen-bond donors (Lipinski definition) is 5. The summed E-state index contributed by atoms with van der Waals surface area (Å²) in [5.74, 6) is -0.300. The molecule has 0 spiro atoms. The molecule has 1 fully saturated rings. The number of ether oxygens (including phenoxy) is 1. The average Bonchev–Trinajstić information content (AvgIpc) is 3.04. The highest BCUT2D eigenvalue weighted by Gasteiger charge is 2.53. The summed E-state index contributed by atoms with van der Waals surface area (Å²) in [4.78, 5) is 20.1. The summed E-state index contributed by atoms with van der Waals surface area (Å²) in [6.45, 7) is 0.917. The highest BCUT2D eigenvalue weighted by Crippen LogP contribution is 2.40. The second-order valence-electron chi connectivity index (χ2n) is 5.87. The number of fused-ring (bicyclic) bond motifs is 1. The molecular weight excluding hydrogens is 318 g/mol. The molecule has 0 unspecified atom stereocenters. The Morgan fingerprint density at radius 3 is 2.83 bits per heavy atom. The zero-order valence-electron chi connectivity index (χ0n) is 13.2. The van der Waals surface area contributed by atoms with Crippen molar-refractivity contribution in [3.63, 3.8) is 0 Å². The lowest BCUT2D eigenvalue weighted by Gasteiger charge is -2.27.